The number of para-hydroxylation sites is 1. The molecule has 0 unspecified atom stereocenters. The molecule has 0 aliphatic heterocycles. The van der Waals surface area contributed by atoms with Crippen LogP contribution in [0.25, 0.3) is 5.69 Å². The van der Waals surface area contributed by atoms with Crippen molar-refractivity contribution in [3.05, 3.63) is 101 Å². The van der Waals surface area contributed by atoms with Crippen molar-refractivity contribution in [1.29, 1.82) is 0 Å². The van der Waals surface area contributed by atoms with Gasteiger partial charge >= 0.3 is 0 Å². The molecule has 0 N–H and O–H groups in total. The van der Waals surface area contributed by atoms with Crippen molar-refractivity contribution in [3.63, 3.8) is 0 Å². The highest BCUT2D eigenvalue weighted by Gasteiger charge is 2.30. The molecule has 1 aliphatic rings. The number of rotatable bonds is 9. The Labute approximate surface area is 216 Å². The molecule has 1 amide bonds. The van der Waals surface area contributed by atoms with Gasteiger partial charge in [0, 0.05) is 17.1 Å². The molecule has 36 heavy (non-hydrogen) atoms. The molecule has 1 fully saturated rings. The molecule has 5 rings (SSSR count). The summed E-state index contributed by atoms with van der Waals surface area (Å²) >= 11 is 6.09. The van der Waals surface area contributed by atoms with Gasteiger partial charge in [0.1, 0.15) is 11.5 Å². The first-order valence-electron chi connectivity index (χ1n) is 12.0. The van der Waals surface area contributed by atoms with E-state index in [4.69, 9.17) is 26.2 Å². The zero-order chi connectivity index (χ0) is 25.1. The van der Waals surface area contributed by atoms with Gasteiger partial charge in [0.2, 0.25) is 5.88 Å². The van der Waals surface area contributed by atoms with Gasteiger partial charge in [-0.1, -0.05) is 35.9 Å². The second-order valence-corrected chi connectivity index (χ2v) is 9.47. The fraction of sp³-hybridized carbons (Fsp3) is 0.241. The lowest BCUT2D eigenvalue weighted by molar-refractivity contribution is 0.0733. The Balaban J connectivity index is 1.53. The van der Waals surface area contributed by atoms with Crippen molar-refractivity contribution in [2.24, 2.45) is 5.92 Å². The maximum Gasteiger partial charge on any atom is 0.254 e. The largest absolute Gasteiger partial charge is 0.497 e. The molecule has 1 saturated carbocycles. The van der Waals surface area contributed by atoms with Gasteiger partial charge in [-0.15, -0.1) is 0 Å². The van der Waals surface area contributed by atoms with Crippen molar-refractivity contribution >= 4 is 17.5 Å². The summed E-state index contributed by atoms with van der Waals surface area (Å²) in [6, 6.07) is 24.4. The summed E-state index contributed by atoms with van der Waals surface area (Å²) < 4.78 is 13.5. The van der Waals surface area contributed by atoms with Crippen LogP contribution < -0.4 is 9.47 Å². The molecular formula is C29H28ClN3O3. The molecule has 1 aromatic heterocycles. The molecule has 6 nitrogen and oxygen atoms in total. The van der Waals surface area contributed by atoms with Gasteiger partial charge in [-0.3, -0.25) is 4.79 Å². The second kappa shape index (κ2) is 10.5. The molecule has 3 aromatic carbocycles. The molecule has 0 spiro atoms. The third-order valence-corrected chi connectivity index (χ3v) is 6.55. The van der Waals surface area contributed by atoms with Crippen LogP contribution in [0.2, 0.25) is 5.02 Å². The normalized spacial score (nSPS) is 12.9. The van der Waals surface area contributed by atoms with Gasteiger partial charge in [-0.25, -0.2) is 4.68 Å². The number of ether oxygens (including phenoxy) is 2. The number of aromatic nitrogens is 2. The van der Waals surface area contributed by atoms with E-state index in [9.17, 15) is 4.79 Å². The first kappa shape index (κ1) is 23.9. The standard InChI is InChI=1S/C29H28ClN3O3/c1-20-27(19-32(18-21-11-12-21)28(34)22-7-6-10-26(17-22)35-2)29(36-25-15-13-23(30)14-16-25)33(31-20)24-8-4-3-5-9-24/h3-10,13-17,21H,11-12,18-19H2,1-2H3. The molecular weight excluding hydrogens is 474 g/mol. The van der Waals surface area contributed by atoms with Gasteiger partial charge in [-0.2, -0.15) is 5.10 Å². The number of aryl methyl sites for hydroxylation is 1. The highest BCUT2D eigenvalue weighted by molar-refractivity contribution is 6.30. The number of methoxy groups -OCH3 is 1. The molecule has 0 saturated heterocycles. The number of carbonyl (C=O) groups is 1. The molecule has 184 valence electrons. The van der Waals surface area contributed by atoms with Crippen molar-refractivity contribution in [1.82, 2.24) is 14.7 Å². The van der Waals surface area contributed by atoms with Gasteiger partial charge in [0.05, 0.1) is 30.6 Å². The Hall–Kier alpha value is -3.77. The van der Waals surface area contributed by atoms with Crippen LogP contribution >= 0.6 is 11.6 Å². The number of hydrogen-bond donors (Lipinski definition) is 0. The number of halogens is 1. The van der Waals surface area contributed by atoms with Crippen LogP contribution in [0.4, 0.5) is 0 Å². The lowest BCUT2D eigenvalue weighted by Crippen LogP contribution is -2.32. The molecule has 1 heterocycles. The van der Waals surface area contributed by atoms with Crippen molar-refractivity contribution in [3.8, 4) is 23.1 Å². The fourth-order valence-electron chi connectivity index (χ4n) is 4.14. The molecule has 4 aromatic rings. The Morgan fingerprint density at radius 3 is 2.47 bits per heavy atom. The summed E-state index contributed by atoms with van der Waals surface area (Å²) in [5.74, 6) is 2.37. The molecule has 0 bridgehead atoms. The third-order valence-electron chi connectivity index (χ3n) is 6.29. The molecule has 7 heteroatoms. The van der Waals surface area contributed by atoms with Crippen LogP contribution in [-0.4, -0.2) is 34.2 Å². The first-order chi connectivity index (χ1) is 17.5. The Kier molecular flexibility index (Phi) is 6.96. The van der Waals surface area contributed by atoms with E-state index < -0.39 is 0 Å². The minimum absolute atomic E-state index is 0.0369. The molecule has 1 aliphatic carbocycles. The van der Waals surface area contributed by atoms with Gasteiger partial charge in [0.15, 0.2) is 0 Å². The zero-order valence-electron chi connectivity index (χ0n) is 20.4. The molecule has 0 radical (unpaired) electrons. The monoisotopic (exact) mass is 501 g/mol. The van der Waals surface area contributed by atoms with E-state index in [2.05, 4.69) is 0 Å². The van der Waals surface area contributed by atoms with E-state index >= 15 is 0 Å². The second-order valence-electron chi connectivity index (χ2n) is 9.03. The summed E-state index contributed by atoms with van der Waals surface area (Å²) in [6.45, 7) is 3.02. The summed E-state index contributed by atoms with van der Waals surface area (Å²) in [4.78, 5) is 15.6. The van der Waals surface area contributed by atoms with E-state index in [0.717, 1.165) is 29.8 Å². The Morgan fingerprint density at radius 1 is 1.03 bits per heavy atom. The van der Waals surface area contributed by atoms with E-state index in [1.54, 1.807) is 30.0 Å². The van der Waals surface area contributed by atoms with Crippen LogP contribution in [0, 0.1) is 12.8 Å². The summed E-state index contributed by atoms with van der Waals surface area (Å²) in [5.41, 5.74) is 3.15. The van der Waals surface area contributed by atoms with E-state index in [1.807, 2.05) is 72.5 Å². The number of benzene rings is 3. The minimum atomic E-state index is -0.0369. The van der Waals surface area contributed by atoms with E-state index in [-0.39, 0.29) is 5.91 Å². The highest BCUT2D eigenvalue weighted by Crippen LogP contribution is 2.35. The minimum Gasteiger partial charge on any atom is -0.497 e. The fourth-order valence-corrected chi connectivity index (χ4v) is 4.27. The Morgan fingerprint density at radius 2 is 1.78 bits per heavy atom. The van der Waals surface area contributed by atoms with Gasteiger partial charge in [0.25, 0.3) is 5.91 Å². The lowest BCUT2D eigenvalue weighted by Gasteiger charge is -2.23. The zero-order valence-corrected chi connectivity index (χ0v) is 21.1. The average molecular weight is 502 g/mol. The summed E-state index contributed by atoms with van der Waals surface area (Å²) in [6.07, 6.45) is 2.27. The smallest absolute Gasteiger partial charge is 0.254 e. The predicted octanol–water partition coefficient (Wildman–Crippen LogP) is 6.69. The van der Waals surface area contributed by atoms with Crippen LogP contribution in [-0.2, 0) is 6.54 Å². The van der Waals surface area contributed by atoms with Crippen molar-refractivity contribution in [2.45, 2.75) is 26.3 Å². The topological polar surface area (TPSA) is 56.6 Å². The number of nitrogens with zero attached hydrogens (tertiary/aromatic N) is 3. The number of amides is 1. The quantitative estimate of drug-likeness (QED) is 0.256. The lowest BCUT2D eigenvalue weighted by atomic mass is 10.1. The van der Waals surface area contributed by atoms with Crippen LogP contribution in [0.1, 0.15) is 34.5 Å². The first-order valence-corrected chi connectivity index (χ1v) is 12.4. The van der Waals surface area contributed by atoms with E-state index in [1.165, 1.54) is 0 Å². The van der Waals surface area contributed by atoms with Crippen LogP contribution in [0.3, 0.4) is 0 Å². The van der Waals surface area contributed by atoms with Crippen molar-refractivity contribution < 1.29 is 14.3 Å². The summed E-state index contributed by atoms with van der Waals surface area (Å²) in [5, 5.41) is 5.44. The maximum absolute atomic E-state index is 13.7. The predicted molar refractivity (Wildman–Crippen MR) is 140 cm³/mol. The highest BCUT2D eigenvalue weighted by atomic mass is 35.5. The van der Waals surface area contributed by atoms with Gasteiger partial charge < -0.3 is 14.4 Å². The summed E-state index contributed by atoms with van der Waals surface area (Å²) in [7, 11) is 1.60. The van der Waals surface area contributed by atoms with Gasteiger partial charge in [-0.05, 0) is 80.3 Å². The SMILES string of the molecule is COc1cccc(C(=O)N(Cc2c(C)nn(-c3ccccc3)c2Oc2ccc(Cl)cc2)CC2CC2)c1. The Bertz CT molecular complexity index is 1350. The third kappa shape index (κ3) is 5.39. The molecule has 0 atom stereocenters. The number of hydrogen-bond acceptors (Lipinski definition) is 4. The average Bonchev–Trinajstić information content (AvgIpc) is 3.68. The van der Waals surface area contributed by atoms with E-state index in [0.29, 0.717) is 47.0 Å². The maximum atomic E-state index is 13.7. The van der Waals surface area contributed by atoms with Crippen molar-refractivity contribution in [2.75, 3.05) is 13.7 Å². The number of carbonyl (C=O) groups excluding carboxylic acids is 1. The van der Waals surface area contributed by atoms with Crippen LogP contribution in [0.15, 0.2) is 78.9 Å². The van der Waals surface area contributed by atoms with Crippen LogP contribution in [0.5, 0.6) is 17.4 Å².